The first kappa shape index (κ1) is 21.8. The molecule has 1 aliphatic rings. The number of anilines is 1. The van der Waals surface area contributed by atoms with Crippen molar-refractivity contribution in [1.29, 1.82) is 0 Å². The number of carbonyl (C=O) groups is 1. The van der Waals surface area contributed by atoms with Gasteiger partial charge in [0.25, 0.3) is 0 Å². The highest BCUT2D eigenvalue weighted by Gasteiger charge is 2.28. The molecule has 170 valence electrons. The zero-order valence-electron chi connectivity index (χ0n) is 18.6. The van der Waals surface area contributed by atoms with E-state index in [9.17, 15) is 9.18 Å². The second kappa shape index (κ2) is 8.60. The summed E-state index contributed by atoms with van der Waals surface area (Å²) in [6, 6.07) is 4.62. The first-order valence-corrected chi connectivity index (χ1v) is 10.5. The molecule has 4 rings (SSSR count). The third kappa shape index (κ3) is 4.90. The number of piperidine rings is 1. The van der Waals surface area contributed by atoms with E-state index in [1.165, 1.54) is 19.4 Å². The van der Waals surface area contributed by atoms with E-state index in [2.05, 4.69) is 20.3 Å². The Morgan fingerprint density at radius 2 is 2.09 bits per heavy atom. The van der Waals surface area contributed by atoms with Gasteiger partial charge in [0.05, 0.1) is 13.3 Å². The van der Waals surface area contributed by atoms with Gasteiger partial charge in [-0.2, -0.15) is 4.98 Å². The lowest BCUT2D eigenvalue weighted by atomic mass is 10.1. The van der Waals surface area contributed by atoms with E-state index in [4.69, 9.17) is 9.47 Å². The molecule has 0 spiro atoms. The number of nitrogens with one attached hydrogen (secondary N) is 1. The van der Waals surface area contributed by atoms with Crippen molar-refractivity contribution in [3.05, 3.63) is 36.4 Å². The molecule has 0 bridgehead atoms. The normalized spacial score (nSPS) is 16.8. The standard InChI is InChI=1S/C22H27FN6O3/c1-22(2,3)32-21(30)28-9-5-6-15(13-28)25-17-10-19(31-4)27-20(26-17)16-11-24-18-8-7-14(23)12-29(16)18/h7-8,10-12,15H,5-6,9,13H2,1-4H3,(H,25,26,27)/t15-/m1/s1. The molecular weight excluding hydrogens is 415 g/mol. The number of rotatable bonds is 4. The predicted octanol–water partition coefficient (Wildman–Crippen LogP) is 3.75. The summed E-state index contributed by atoms with van der Waals surface area (Å²) in [7, 11) is 1.52. The molecule has 0 unspecified atom stereocenters. The highest BCUT2D eigenvalue weighted by molar-refractivity contribution is 5.68. The molecule has 1 saturated heterocycles. The lowest BCUT2D eigenvalue weighted by Gasteiger charge is -2.34. The summed E-state index contributed by atoms with van der Waals surface area (Å²) >= 11 is 0. The summed E-state index contributed by atoms with van der Waals surface area (Å²) in [5, 5.41) is 3.38. The Hall–Kier alpha value is -3.43. The molecule has 0 aromatic carbocycles. The van der Waals surface area contributed by atoms with Crippen molar-refractivity contribution in [2.24, 2.45) is 0 Å². The van der Waals surface area contributed by atoms with Gasteiger partial charge in [-0.1, -0.05) is 0 Å². The first-order valence-electron chi connectivity index (χ1n) is 10.5. The van der Waals surface area contributed by atoms with E-state index in [0.717, 1.165) is 12.8 Å². The van der Waals surface area contributed by atoms with Crippen LogP contribution in [-0.2, 0) is 4.74 Å². The molecule has 1 aliphatic heterocycles. The Labute approximate surface area is 185 Å². The topological polar surface area (TPSA) is 93.9 Å². The van der Waals surface area contributed by atoms with E-state index in [-0.39, 0.29) is 18.0 Å². The number of amides is 1. The Morgan fingerprint density at radius 3 is 2.84 bits per heavy atom. The van der Waals surface area contributed by atoms with Gasteiger partial charge in [-0.15, -0.1) is 0 Å². The lowest BCUT2D eigenvalue weighted by molar-refractivity contribution is 0.0206. The SMILES string of the molecule is COc1cc(N[C@@H]2CCCN(C(=O)OC(C)(C)C)C2)nc(-c2cnc3ccc(F)cn23)n1. The van der Waals surface area contributed by atoms with E-state index in [0.29, 0.717) is 42.0 Å². The molecule has 1 amide bonds. The molecule has 10 heteroatoms. The minimum absolute atomic E-state index is 0.0108. The molecule has 1 atom stereocenters. The Kier molecular flexibility index (Phi) is 5.86. The van der Waals surface area contributed by atoms with Crippen LogP contribution in [0.1, 0.15) is 33.6 Å². The predicted molar refractivity (Wildman–Crippen MR) is 117 cm³/mol. The van der Waals surface area contributed by atoms with Gasteiger partial charge in [-0.05, 0) is 45.7 Å². The molecule has 0 saturated carbocycles. The summed E-state index contributed by atoms with van der Waals surface area (Å²) in [6.07, 6.45) is 4.34. The monoisotopic (exact) mass is 442 g/mol. The van der Waals surface area contributed by atoms with Crippen LogP contribution in [0.2, 0.25) is 0 Å². The number of nitrogens with zero attached hydrogens (tertiary/aromatic N) is 5. The fraction of sp³-hybridized carbons (Fsp3) is 0.455. The minimum atomic E-state index is -0.542. The second-order valence-corrected chi connectivity index (χ2v) is 8.75. The zero-order chi connectivity index (χ0) is 22.9. The van der Waals surface area contributed by atoms with Crippen LogP contribution in [0, 0.1) is 5.82 Å². The van der Waals surface area contributed by atoms with Crippen molar-refractivity contribution in [2.75, 3.05) is 25.5 Å². The summed E-state index contributed by atoms with van der Waals surface area (Å²) in [5.41, 5.74) is 0.586. The van der Waals surface area contributed by atoms with Crippen LogP contribution < -0.4 is 10.1 Å². The maximum atomic E-state index is 13.8. The number of fused-ring (bicyclic) bond motifs is 1. The number of hydrogen-bond acceptors (Lipinski definition) is 7. The molecule has 1 N–H and O–H groups in total. The van der Waals surface area contributed by atoms with E-state index in [1.807, 2.05) is 20.8 Å². The molecule has 1 fully saturated rings. The number of aromatic nitrogens is 4. The summed E-state index contributed by atoms with van der Waals surface area (Å²) in [6.45, 7) is 6.71. The molecule has 32 heavy (non-hydrogen) atoms. The maximum Gasteiger partial charge on any atom is 0.410 e. The van der Waals surface area contributed by atoms with E-state index >= 15 is 0 Å². The number of hydrogen-bond donors (Lipinski definition) is 1. The largest absolute Gasteiger partial charge is 0.481 e. The van der Waals surface area contributed by atoms with E-state index in [1.54, 1.807) is 27.6 Å². The Bertz CT molecular complexity index is 1130. The molecule has 3 aromatic heterocycles. The molecule has 3 aromatic rings. The molecule has 9 nitrogen and oxygen atoms in total. The van der Waals surface area contributed by atoms with Crippen LogP contribution in [0.5, 0.6) is 5.88 Å². The van der Waals surface area contributed by atoms with Crippen LogP contribution in [0.15, 0.2) is 30.6 Å². The zero-order valence-corrected chi connectivity index (χ0v) is 18.6. The molecule has 0 radical (unpaired) electrons. The number of methoxy groups -OCH3 is 1. The van der Waals surface area contributed by atoms with Gasteiger partial charge >= 0.3 is 6.09 Å². The molecule has 0 aliphatic carbocycles. The number of halogens is 1. The van der Waals surface area contributed by atoms with Crippen molar-refractivity contribution in [1.82, 2.24) is 24.3 Å². The molecular formula is C22H27FN6O3. The van der Waals surface area contributed by atoms with Gasteiger partial charge in [0.1, 0.15) is 28.6 Å². The number of ether oxygens (including phenoxy) is 2. The number of pyridine rings is 1. The van der Waals surface area contributed by atoms with E-state index < -0.39 is 5.60 Å². The summed E-state index contributed by atoms with van der Waals surface area (Å²) in [4.78, 5) is 27.5. The van der Waals surface area contributed by atoms with Crippen LogP contribution in [-0.4, -0.2) is 62.2 Å². The smallest absolute Gasteiger partial charge is 0.410 e. The van der Waals surface area contributed by atoms with Crippen molar-refractivity contribution in [3.63, 3.8) is 0 Å². The van der Waals surface area contributed by atoms with Crippen molar-refractivity contribution < 1.29 is 18.7 Å². The first-order chi connectivity index (χ1) is 15.2. The Balaban J connectivity index is 1.56. The van der Waals surface area contributed by atoms with Crippen LogP contribution in [0.25, 0.3) is 17.2 Å². The third-order valence-corrected chi connectivity index (χ3v) is 5.04. The van der Waals surface area contributed by atoms with Gasteiger partial charge in [-0.3, -0.25) is 4.40 Å². The van der Waals surface area contributed by atoms with Gasteiger partial charge in [0, 0.05) is 31.4 Å². The summed E-state index contributed by atoms with van der Waals surface area (Å²) < 4.78 is 26.2. The average molecular weight is 442 g/mol. The second-order valence-electron chi connectivity index (χ2n) is 8.75. The minimum Gasteiger partial charge on any atom is -0.481 e. The van der Waals surface area contributed by atoms with Gasteiger partial charge in [0.2, 0.25) is 5.88 Å². The van der Waals surface area contributed by atoms with Gasteiger partial charge < -0.3 is 19.7 Å². The Morgan fingerprint density at radius 1 is 1.28 bits per heavy atom. The van der Waals surface area contributed by atoms with Gasteiger partial charge in [0.15, 0.2) is 5.82 Å². The van der Waals surface area contributed by atoms with Gasteiger partial charge in [-0.25, -0.2) is 19.2 Å². The number of imidazole rings is 1. The van der Waals surface area contributed by atoms with Crippen LogP contribution >= 0.6 is 0 Å². The lowest BCUT2D eigenvalue weighted by Crippen LogP contribution is -2.47. The van der Waals surface area contributed by atoms with Crippen molar-refractivity contribution in [3.8, 4) is 17.4 Å². The maximum absolute atomic E-state index is 13.8. The fourth-order valence-corrected chi connectivity index (χ4v) is 3.63. The summed E-state index contributed by atoms with van der Waals surface area (Å²) in [5.74, 6) is 0.880. The fourth-order valence-electron chi connectivity index (χ4n) is 3.63. The number of likely N-dealkylation sites (tertiary alicyclic amines) is 1. The van der Waals surface area contributed by atoms with Crippen molar-refractivity contribution in [2.45, 2.75) is 45.3 Å². The highest BCUT2D eigenvalue weighted by atomic mass is 19.1. The third-order valence-electron chi connectivity index (χ3n) is 5.04. The average Bonchev–Trinajstić information content (AvgIpc) is 3.15. The molecule has 4 heterocycles. The number of carbonyl (C=O) groups excluding carboxylic acids is 1. The quantitative estimate of drug-likeness (QED) is 0.658. The van der Waals surface area contributed by atoms with Crippen LogP contribution in [0.4, 0.5) is 15.0 Å². The highest BCUT2D eigenvalue weighted by Crippen LogP contribution is 2.25. The van der Waals surface area contributed by atoms with Crippen LogP contribution in [0.3, 0.4) is 0 Å². The van der Waals surface area contributed by atoms with Crippen molar-refractivity contribution >= 4 is 17.6 Å².